The van der Waals surface area contributed by atoms with Gasteiger partial charge in [-0.1, -0.05) is 11.6 Å². The van der Waals surface area contributed by atoms with E-state index in [0.29, 0.717) is 25.4 Å². The lowest BCUT2D eigenvalue weighted by molar-refractivity contribution is -0.929. The fraction of sp³-hybridized carbons (Fsp3) is 0.409. The molecule has 1 amide bonds. The van der Waals surface area contributed by atoms with Crippen molar-refractivity contribution in [2.75, 3.05) is 25.1 Å². The maximum atomic E-state index is 13.2. The molecule has 5 nitrogen and oxygen atoms in total. The van der Waals surface area contributed by atoms with E-state index in [9.17, 15) is 9.18 Å². The van der Waals surface area contributed by atoms with Crippen molar-refractivity contribution in [1.29, 1.82) is 0 Å². The van der Waals surface area contributed by atoms with E-state index in [1.54, 1.807) is 0 Å². The Hall–Kier alpha value is -2.31. The van der Waals surface area contributed by atoms with Crippen LogP contribution in [0, 0.1) is 5.82 Å². The Labute approximate surface area is 175 Å². The maximum absolute atomic E-state index is 13.2. The van der Waals surface area contributed by atoms with Gasteiger partial charge in [0.25, 0.3) is 5.91 Å². The summed E-state index contributed by atoms with van der Waals surface area (Å²) in [6.07, 6.45) is 0.853. The smallest absolute Gasteiger partial charge is 0.282 e. The van der Waals surface area contributed by atoms with Gasteiger partial charge in [-0.15, -0.1) is 0 Å². The van der Waals surface area contributed by atoms with E-state index < -0.39 is 5.82 Å². The van der Waals surface area contributed by atoms with Crippen LogP contribution in [0.3, 0.4) is 0 Å². The second-order valence-corrected chi connectivity index (χ2v) is 7.51. The molecule has 1 aliphatic heterocycles. The minimum absolute atomic E-state index is 0.145. The first kappa shape index (κ1) is 21.4. The number of amides is 1. The van der Waals surface area contributed by atoms with Crippen LogP contribution in [0.25, 0.3) is 0 Å². The fourth-order valence-corrected chi connectivity index (χ4v) is 3.81. The minimum atomic E-state index is -0.434. The van der Waals surface area contributed by atoms with Crippen molar-refractivity contribution in [3.05, 3.63) is 52.3 Å². The van der Waals surface area contributed by atoms with Gasteiger partial charge in [-0.25, -0.2) is 4.39 Å². The topological polar surface area (TPSA) is 52.0 Å². The van der Waals surface area contributed by atoms with Gasteiger partial charge in [-0.2, -0.15) is 0 Å². The molecule has 0 saturated heterocycles. The highest BCUT2D eigenvalue weighted by Crippen LogP contribution is 2.32. The molecule has 0 aromatic heterocycles. The van der Waals surface area contributed by atoms with Crippen LogP contribution in [-0.2, 0) is 17.8 Å². The zero-order valence-electron chi connectivity index (χ0n) is 17.0. The first-order valence-electron chi connectivity index (χ1n) is 9.94. The van der Waals surface area contributed by atoms with Gasteiger partial charge in [0.1, 0.15) is 12.4 Å². The Bertz CT molecular complexity index is 891. The molecule has 29 heavy (non-hydrogen) atoms. The Balaban J connectivity index is 1.73. The van der Waals surface area contributed by atoms with E-state index in [4.69, 9.17) is 21.1 Å². The molecule has 2 aromatic rings. The van der Waals surface area contributed by atoms with Crippen LogP contribution >= 0.6 is 11.6 Å². The van der Waals surface area contributed by atoms with Crippen LogP contribution in [0.15, 0.2) is 30.3 Å². The van der Waals surface area contributed by atoms with Crippen molar-refractivity contribution in [1.82, 2.24) is 0 Å². The number of halogens is 2. The molecule has 0 aliphatic carbocycles. The molecule has 0 bridgehead atoms. The summed E-state index contributed by atoms with van der Waals surface area (Å²) in [7, 11) is 0. The average Bonchev–Trinajstić information content (AvgIpc) is 2.70. The molecule has 0 spiro atoms. The summed E-state index contributed by atoms with van der Waals surface area (Å²) in [6, 6.07) is 7.76. The Morgan fingerprint density at radius 1 is 1.17 bits per heavy atom. The van der Waals surface area contributed by atoms with Crippen molar-refractivity contribution in [2.45, 2.75) is 39.8 Å². The van der Waals surface area contributed by atoms with Crippen molar-refractivity contribution in [3.63, 3.8) is 0 Å². The predicted octanol–water partition coefficient (Wildman–Crippen LogP) is 3.24. The molecule has 0 fully saturated rings. The molecular formula is C22H27ClFN2O3+. The van der Waals surface area contributed by atoms with E-state index in [2.05, 4.69) is 11.4 Å². The van der Waals surface area contributed by atoms with E-state index >= 15 is 0 Å². The summed E-state index contributed by atoms with van der Waals surface area (Å²) >= 11 is 6.03. The fourth-order valence-electron chi connectivity index (χ4n) is 3.59. The number of fused-ring (bicyclic) bond motifs is 1. The molecule has 3 rings (SSSR count). The Morgan fingerprint density at radius 2 is 1.83 bits per heavy atom. The number of hydrogen-bond donors (Lipinski definition) is 2. The molecule has 0 radical (unpaired) electrons. The van der Waals surface area contributed by atoms with Gasteiger partial charge >= 0.3 is 0 Å². The van der Waals surface area contributed by atoms with Crippen LogP contribution in [0.1, 0.15) is 31.9 Å². The van der Waals surface area contributed by atoms with Crippen molar-refractivity contribution in [2.24, 2.45) is 0 Å². The van der Waals surface area contributed by atoms with Gasteiger partial charge in [-0.3, -0.25) is 4.79 Å². The third-order valence-corrected chi connectivity index (χ3v) is 5.51. The molecule has 2 atom stereocenters. The molecule has 1 unspecified atom stereocenters. The van der Waals surface area contributed by atoms with E-state index in [1.165, 1.54) is 23.8 Å². The molecule has 2 aromatic carbocycles. The summed E-state index contributed by atoms with van der Waals surface area (Å²) in [6.45, 7) is 8.48. The molecule has 1 heterocycles. The van der Waals surface area contributed by atoms with Crippen LogP contribution in [0.2, 0.25) is 5.02 Å². The summed E-state index contributed by atoms with van der Waals surface area (Å²) < 4.78 is 24.7. The number of quaternary nitrogens is 1. The number of carbonyl (C=O) groups is 1. The third kappa shape index (κ3) is 5.00. The van der Waals surface area contributed by atoms with Crippen molar-refractivity contribution < 1.29 is 23.6 Å². The van der Waals surface area contributed by atoms with Crippen LogP contribution in [0.5, 0.6) is 11.5 Å². The number of carbonyl (C=O) groups excluding carboxylic acids is 1. The van der Waals surface area contributed by atoms with Crippen LogP contribution in [-0.4, -0.2) is 31.7 Å². The summed E-state index contributed by atoms with van der Waals surface area (Å²) in [5.41, 5.74) is 2.81. The molecule has 2 N–H and O–H groups in total. The largest absolute Gasteiger partial charge is 0.490 e. The lowest BCUT2D eigenvalue weighted by Gasteiger charge is -2.30. The monoisotopic (exact) mass is 421 g/mol. The number of rotatable bonds is 7. The first-order valence-corrected chi connectivity index (χ1v) is 10.3. The molecule has 156 valence electrons. The number of nitrogens with one attached hydrogen (secondary N) is 2. The molecule has 0 saturated carbocycles. The number of benzene rings is 2. The highest BCUT2D eigenvalue weighted by Gasteiger charge is 2.30. The lowest BCUT2D eigenvalue weighted by atomic mass is 9.97. The number of ether oxygens (including phenoxy) is 2. The van der Waals surface area contributed by atoms with Crippen molar-refractivity contribution >= 4 is 23.2 Å². The quantitative estimate of drug-likeness (QED) is 0.721. The van der Waals surface area contributed by atoms with Gasteiger partial charge in [0.05, 0.1) is 30.5 Å². The Morgan fingerprint density at radius 3 is 2.45 bits per heavy atom. The van der Waals surface area contributed by atoms with Gasteiger partial charge in [-0.05, 0) is 56.7 Å². The lowest BCUT2D eigenvalue weighted by Crippen LogP contribution is -3.16. The average molecular weight is 422 g/mol. The van der Waals surface area contributed by atoms with Gasteiger partial charge < -0.3 is 19.7 Å². The normalized spacial score (nSPS) is 16.7. The predicted molar refractivity (Wildman–Crippen MR) is 112 cm³/mol. The number of anilines is 1. The molecule has 1 aliphatic rings. The van der Waals surface area contributed by atoms with Crippen molar-refractivity contribution in [3.8, 4) is 11.5 Å². The zero-order chi connectivity index (χ0) is 21.0. The van der Waals surface area contributed by atoms with Gasteiger partial charge in [0.15, 0.2) is 17.5 Å². The van der Waals surface area contributed by atoms with Crippen LogP contribution in [0.4, 0.5) is 10.1 Å². The van der Waals surface area contributed by atoms with Gasteiger partial charge in [0, 0.05) is 12.0 Å². The highest BCUT2D eigenvalue weighted by atomic mass is 35.5. The third-order valence-electron chi connectivity index (χ3n) is 5.19. The second kappa shape index (κ2) is 9.46. The van der Waals surface area contributed by atoms with E-state index in [1.807, 2.05) is 26.8 Å². The van der Waals surface area contributed by atoms with Crippen LogP contribution < -0.4 is 19.7 Å². The zero-order valence-corrected chi connectivity index (χ0v) is 17.7. The first-order chi connectivity index (χ1) is 13.9. The second-order valence-electron chi connectivity index (χ2n) is 7.10. The summed E-state index contributed by atoms with van der Waals surface area (Å²) in [5, 5.41) is 3.00. The maximum Gasteiger partial charge on any atom is 0.282 e. The molecule has 7 heteroatoms. The highest BCUT2D eigenvalue weighted by molar-refractivity contribution is 6.33. The number of hydrogen-bond acceptors (Lipinski definition) is 3. The molecular weight excluding hydrogens is 395 g/mol. The van der Waals surface area contributed by atoms with E-state index in [-0.39, 0.29) is 17.0 Å². The standard InChI is InChI=1S/C22H26ClFN2O3/c1-4-28-20-10-15-8-9-26(13-16(15)11-21(20)29-5-2)14(3)22(27)25-19-7-6-17(24)12-18(19)23/h6-7,10-12,14H,4-5,8-9,13H2,1-3H3,(H,25,27)/p+1/t14-/m0/s1. The SMILES string of the molecule is CCOc1cc2c(cc1OCC)C[NH+]([C@@H](C)C(=O)Nc1ccc(F)cc1Cl)CC2. The van der Waals surface area contributed by atoms with Gasteiger partial charge in [0.2, 0.25) is 0 Å². The van der Waals surface area contributed by atoms with E-state index in [0.717, 1.165) is 34.9 Å². The summed E-state index contributed by atoms with van der Waals surface area (Å²) in [5.74, 6) is 0.932. The Kier molecular flexibility index (Phi) is 6.98. The summed E-state index contributed by atoms with van der Waals surface area (Å²) in [4.78, 5) is 13.9. The minimum Gasteiger partial charge on any atom is -0.490 e.